The lowest BCUT2D eigenvalue weighted by molar-refractivity contribution is 0.862. The molecular formula is C13H14BrN. The Balaban J connectivity index is 2.57. The highest BCUT2D eigenvalue weighted by atomic mass is 79.9. The molecule has 0 unspecified atom stereocenters. The van der Waals surface area contributed by atoms with Crippen LogP contribution in [0.4, 0.5) is 0 Å². The third-order valence-electron chi connectivity index (χ3n) is 2.59. The molecule has 78 valence electrons. The van der Waals surface area contributed by atoms with Crippen molar-refractivity contribution in [3.8, 4) is 0 Å². The number of benzene rings is 1. The van der Waals surface area contributed by atoms with E-state index in [1.54, 1.807) is 0 Å². The summed E-state index contributed by atoms with van der Waals surface area (Å²) in [6.07, 6.45) is 1.97. The van der Waals surface area contributed by atoms with Gasteiger partial charge < -0.3 is 0 Å². The van der Waals surface area contributed by atoms with Gasteiger partial charge in [-0.25, -0.2) is 0 Å². The van der Waals surface area contributed by atoms with Crippen LogP contribution in [0.1, 0.15) is 30.9 Å². The van der Waals surface area contributed by atoms with Crippen molar-refractivity contribution in [3.05, 3.63) is 41.6 Å². The van der Waals surface area contributed by atoms with E-state index in [0.29, 0.717) is 5.92 Å². The molecule has 2 rings (SSSR count). The van der Waals surface area contributed by atoms with Gasteiger partial charge in [-0.1, -0.05) is 35.8 Å². The molecule has 0 aliphatic rings. The number of hydrogen-bond donors (Lipinski definition) is 0. The Kier molecular flexibility index (Phi) is 3.06. The minimum atomic E-state index is 0.537. The summed E-state index contributed by atoms with van der Waals surface area (Å²) >= 11 is 3.47. The first-order valence-corrected chi connectivity index (χ1v) is 6.27. The summed E-state index contributed by atoms with van der Waals surface area (Å²) in [7, 11) is 0. The third-order valence-corrected chi connectivity index (χ3v) is 3.24. The third kappa shape index (κ3) is 2.20. The lowest BCUT2D eigenvalue weighted by Gasteiger charge is -2.06. The first kappa shape index (κ1) is 10.6. The molecule has 1 nitrogen and oxygen atoms in total. The second-order valence-corrected chi connectivity index (χ2v) is 4.64. The van der Waals surface area contributed by atoms with Crippen LogP contribution in [0.2, 0.25) is 0 Å². The monoisotopic (exact) mass is 263 g/mol. The van der Waals surface area contributed by atoms with Gasteiger partial charge in [0.25, 0.3) is 0 Å². The Hall–Kier alpha value is -0.890. The van der Waals surface area contributed by atoms with Gasteiger partial charge in [0.15, 0.2) is 0 Å². The molecule has 2 heteroatoms. The molecule has 0 atom stereocenters. The first-order valence-electron chi connectivity index (χ1n) is 5.15. The molecule has 0 aliphatic heterocycles. The van der Waals surface area contributed by atoms with E-state index in [4.69, 9.17) is 0 Å². The fourth-order valence-corrected chi connectivity index (χ4v) is 1.95. The molecule has 0 aliphatic carbocycles. The van der Waals surface area contributed by atoms with Crippen LogP contribution in [0.25, 0.3) is 10.9 Å². The molecule has 0 bridgehead atoms. The Morgan fingerprint density at radius 1 is 1.27 bits per heavy atom. The second kappa shape index (κ2) is 4.31. The summed E-state index contributed by atoms with van der Waals surface area (Å²) in [5, 5.41) is 2.13. The predicted octanol–water partition coefficient (Wildman–Crippen LogP) is 4.25. The molecular weight excluding hydrogens is 250 g/mol. The van der Waals surface area contributed by atoms with Crippen molar-refractivity contribution in [3.63, 3.8) is 0 Å². The van der Waals surface area contributed by atoms with Gasteiger partial charge in [-0.05, 0) is 35.2 Å². The highest BCUT2D eigenvalue weighted by Gasteiger charge is 2.02. The topological polar surface area (TPSA) is 12.9 Å². The molecule has 0 N–H and O–H groups in total. The zero-order chi connectivity index (χ0) is 10.8. The molecule has 0 fully saturated rings. The van der Waals surface area contributed by atoms with Crippen LogP contribution in [-0.4, -0.2) is 4.98 Å². The van der Waals surface area contributed by atoms with E-state index in [0.717, 1.165) is 10.8 Å². The van der Waals surface area contributed by atoms with Crippen LogP contribution in [0.3, 0.4) is 0 Å². The number of aromatic nitrogens is 1. The largest absolute Gasteiger partial charge is 0.256 e. The fraction of sp³-hybridized carbons (Fsp3) is 0.308. The molecule has 0 saturated carbocycles. The second-order valence-electron chi connectivity index (χ2n) is 4.08. The lowest BCUT2D eigenvalue weighted by atomic mass is 10.0. The number of nitrogens with zero attached hydrogens (tertiary/aromatic N) is 1. The number of fused-ring (bicyclic) bond motifs is 1. The maximum absolute atomic E-state index is 4.46. The summed E-state index contributed by atoms with van der Waals surface area (Å²) in [6, 6.07) is 8.62. The van der Waals surface area contributed by atoms with Gasteiger partial charge in [0.1, 0.15) is 0 Å². The normalized spacial score (nSPS) is 11.2. The summed E-state index contributed by atoms with van der Waals surface area (Å²) in [5.74, 6) is 0.537. The van der Waals surface area contributed by atoms with Crippen molar-refractivity contribution in [2.75, 3.05) is 0 Å². The van der Waals surface area contributed by atoms with Crippen molar-refractivity contribution in [1.82, 2.24) is 4.98 Å². The van der Waals surface area contributed by atoms with Crippen molar-refractivity contribution in [2.45, 2.75) is 25.1 Å². The van der Waals surface area contributed by atoms with Gasteiger partial charge in [-0.2, -0.15) is 0 Å². The van der Waals surface area contributed by atoms with Crippen LogP contribution in [-0.2, 0) is 5.33 Å². The van der Waals surface area contributed by atoms with Gasteiger partial charge in [0.05, 0.1) is 5.52 Å². The van der Waals surface area contributed by atoms with E-state index in [1.807, 2.05) is 6.20 Å². The Morgan fingerprint density at radius 2 is 2.07 bits per heavy atom. The van der Waals surface area contributed by atoms with Crippen molar-refractivity contribution >= 4 is 26.8 Å². The van der Waals surface area contributed by atoms with Gasteiger partial charge >= 0.3 is 0 Å². The number of pyridine rings is 1. The average Bonchev–Trinajstić information content (AvgIpc) is 2.27. The Bertz CT molecular complexity index is 477. The van der Waals surface area contributed by atoms with Crippen molar-refractivity contribution in [1.29, 1.82) is 0 Å². The lowest BCUT2D eigenvalue weighted by Crippen LogP contribution is -1.90. The van der Waals surface area contributed by atoms with E-state index in [-0.39, 0.29) is 0 Å². The molecule has 15 heavy (non-hydrogen) atoms. The first-order chi connectivity index (χ1) is 7.20. The van der Waals surface area contributed by atoms with E-state index < -0.39 is 0 Å². The highest BCUT2D eigenvalue weighted by Crippen LogP contribution is 2.21. The smallest absolute Gasteiger partial charge is 0.0702 e. The van der Waals surface area contributed by atoms with Gasteiger partial charge in [-0.15, -0.1) is 0 Å². The van der Waals surface area contributed by atoms with Gasteiger partial charge in [-0.3, -0.25) is 4.98 Å². The average molecular weight is 264 g/mol. The van der Waals surface area contributed by atoms with Crippen LogP contribution in [0.5, 0.6) is 0 Å². The number of rotatable bonds is 2. The summed E-state index contributed by atoms with van der Waals surface area (Å²) in [4.78, 5) is 4.46. The van der Waals surface area contributed by atoms with Crippen LogP contribution in [0.15, 0.2) is 30.5 Å². The summed E-state index contributed by atoms with van der Waals surface area (Å²) < 4.78 is 0. The van der Waals surface area contributed by atoms with E-state index >= 15 is 0 Å². The Morgan fingerprint density at radius 3 is 2.73 bits per heavy atom. The van der Waals surface area contributed by atoms with E-state index in [1.165, 1.54) is 16.5 Å². The maximum atomic E-state index is 4.46. The number of hydrogen-bond acceptors (Lipinski definition) is 1. The van der Waals surface area contributed by atoms with Crippen LogP contribution >= 0.6 is 15.9 Å². The zero-order valence-electron chi connectivity index (χ0n) is 9.00. The van der Waals surface area contributed by atoms with E-state index in [2.05, 4.69) is 59.0 Å². The van der Waals surface area contributed by atoms with Gasteiger partial charge in [0, 0.05) is 16.9 Å². The standard InChI is InChI=1S/C13H14BrN/c1-9(2)12-6-11-5-10(7-14)3-4-13(11)15-8-12/h3-6,8-9H,7H2,1-2H3. The van der Waals surface area contributed by atoms with Crippen molar-refractivity contribution < 1.29 is 0 Å². The Labute approximate surface area is 98.7 Å². The molecule has 0 saturated heterocycles. The van der Waals surface area contributed by atoms with Crippen molar-refractivity contribution in [2.24, 2.45) is 0 Å². The molecule has 0 amide bonds. The molecule has 0 spiro atoms. The number of halogens is 1. The molecule has 1 heterocycles. The SMILES string of the molecule is CC(C)c1cnc2ccc(CBr)cc2c1. The summed E-state index contributed by atoms with van der Waals surface area (Å²) in [5.41, 5.74) is 3.67. The zero-order valence-corrected chi connectivity index (χ0v) is 10.6. The molecule has 0 radical (unpaired) electrons. The quantitative estimate of drug-likeness (QED) is 0.739. The predicted molar refractivity (Wildman–Crippen MR) is 68.5 cm³/mol. The highest BCUT2D eigenvalue weighted by molar-refractivity contribution is 9.08. The van der Waals surface area contributed by atoms with Gasteiger partial charge in [0.2, 0.25) is 0 Å². The molecule has 1 aromatic heterocycles. The molecule has 1 aromatic carbocycles. The number of alkyl halides is 1. The fourth-order valence-electron chi connectivity index (χ4n) is 1.60. The minimum Gasteiger partial charge on any atom is -0.256 e. The van der Waals surface area contributed by atoms with E-state index in [9.17, 15) is 0 Å². The minimum absolute atomic E-state index is 0.537. The molecule has 2 aromatic rings. The van der Waals surface area contributed by atoms with Crippen LogP contribution in [0, 0.1) is 0 Å². The maximum Gasteiger partial charge on any atom is 0.0702 e. The van der Waals surface area contributed by atoms with Crippen LogP contribution < -0.4 is 0 Å². The summed E-state index contributed by atoms with van der Waals surface area (Å²) in [6.45, 7) is 4.38.